The Bertz CT molecular complexity index is 1090. The van der Waals surface area contributed by atoms with Gasteiger partial charge in [-0.05, 0) is 50.2 Å². The molecule has 30 heavy (non-hydrogen) atoms. The summed E-state index contributed by atoms with van der Waals surface area (Å²) in [7, 11) is 0. The number of halogens is 4. The highest BCUT2D eigenvalue weighted by Crippen LogP contribution is 2.51. The second kappa shape index (κ2) is 7.30. The van der Waals surface area contributed by atoms with E-state index in [9.17, 15) is 27.2 Å². The molecule has 0 spiro atoms. The summed E-state index contributed by atoms with van der Waals surface area (Å²) in [5.41, 5.74) is 2.96. The van der Waals surface area contributed by atoms with Crippen LogP contribution in [0.15, 0.2) is 41.3 Å². The molecule has 1 aliphatic heterocycles. The average molecular weight is 440 g/mol. The number of anilines is 1. The number of hydrazine groups is 1. The average Bonchev–Trinajstić information content (AvgIpc) is 2.90. The van der Waals surface area contributed by atoms with Crippen LogP contribution >= 0.6 is 11.1 Å². The van der Waals surface area contributed by atoms with E-state index >= 15 is 0 Å². The maximum absolute atomic E-state index is 14.2. The molecule has 11 heteroatoms. The number of carbonyl (C=O) groups is 2. The second-order valence-electron chi connectivity index (χ2n) is 7.00. The van der Waals surface area contributed by atoms with Crippen LogP contribution in [0.3, 0.4) is 0 Å². The molecule has 1 atom stereocenters. The minimum absolute atomic E-state index is 0.0985. The third-order valence-electron chi connectivity index (χ3n) is 4.65. The third-order valence-corrected chi connectivity index (χ3v) is 7.15. The predicted octanol–water partition coefficient (Wildman–Crippen LogP) is 3.42. The molecule has 1 fully saturated rings. The maximum atomic E-state index is 14.2. The van der Waals surface area contributed by atoms with Gasteiger partial charge in [0.1, 0.15) is 5.82 Å². The van der Waals surface area contributed by atoms with Crippen LogP contribution in [-0.4, -0.2) is 16.6 Å². The van der Waals surface area contributed by atoms with E-state index in [2.05, 4.69) is 4.83 Å². The summed E-state index contributed by atoms with van der Waals surface area (Å²) < 4.78 is 53.0. The first-order valence-corrected chi connectivity index (χ1v) is 9.84. The van der Waals surface area contributed by atoms with Crippen LogP contribution in [0.4, 0.5) is 23.2 Å². The molecule has 2 amide bonds. The Morgan fingerprint density at radius 1 is 1.23 bits per heavy atom. The van der Waals surface area contributed by atoms with Crippen molar-refractivity contribution < 1.29 is 27.2 Å². The minimum Gasteiger partial charge on any atom is -0.366 e. The first kappa shape index (κ1) is 21.6. The zero-order chi connectivity index (χ0) is 22.4. The van der Waals surface area contributed by atoms with E-state index in [-0.39, 0.29) is 11.3 Å². The summed E-state index contributed by atoms with van der Waals surface area (Å²) in [4.78, 5) is 27.4. The van der Waals surface area contributed by atoms with E-state index in [1.807, 2.05) is 0 Å². The van der Waals surface area contributed by atoms with Crippen molar-refractivity contribution in [2.24, 2.45) is 5.73 Å². The van der Waals surface area contributed by atoms with Crippen molar-refractivity contribution in [1.82, 2.24) is 4.83 Å². The van der Waals surface area contributed by atoms with E-state index in [1.165, 1.54) is 24.3 Å². The van der Waals surface area contributed by atoms with Gasteiger partial charge in [-0.1, -0.05) is 0 Å². The van der Waals surface area contributed by atoms with E-state index < -0.39 is 50.8 Å². The lowest BCUT2D eigenvalue weighted by molar-refractivity contribution is -0.137. The number of rotatable bonds is 3. The number of nitrogens with zero attached hydrogens (tertiary/aromatic N) is 2. The maximum Gasteiger partial charge on any atom is 0.417 e. The number of nitriles is 1. The summed E-state index contributed by atoms with van der Waals surface area (Å²) in [6, 6.07) is 8.14. The fourth-order valence-electron chi connectivity index (χ4n) is 3.04. The Morgan fingerprint density at radius 2 is 1.90 bits per heavy atom. The number of primary amides is 1. The fraction of sp³-hybridized carbons (Fsp3) is 0.211. The molecule has 1 saturated heterocycles. The predicted molar refractivity (Wildman–Crippen MR) is 103 cm³/mol. The molecule has 3 rings (SSSR count). The molecular weight excluding hydrogens is 424 g/mol. The zero-order valence-electron chi connectivity index (χ0n) is 15.7. The van der Waals surface area contributed by atoms with Gasteiger partial charge in [0.25, 0.3) is 11.8 Å². The third kappa shape index (κ3) is 3.59. The van der Waals surface area contributed by atoms with E-state index in [0.29, 0.717) is 4.90 Å². The first-order chi connectivity index (χ1) is 13.9. The zero-order valence-corrected chi connectivity index (χ0v) is 16.6. The van der Waals surface area contributed by atoms with E-state index in [4.69, 9.17) is 11.0 Å². The normalized spacial score (nSPS) is 19.6. The molecule has 158 valence electrons. The van der Waals surface area contributed by atoms with Crippen LogP contribution in [0.5, 0.6) is 0 Å². The topological polar surface area (TPSA) is 99.2 Å². The Kier molecular flexibility index (Phi) is 5.26. The molecule has 6 nitrogen and oxygen atoms in total. The molecule has 1 aliphatic rings. The Hall–Kier alpha value is -3.10. The molecule has 0 aliphatic carbocycles. The summed E-state index contributed by atoms with van der Waals surface area (Å²) in [5.74, 6) is -2.32. The van der Waals surface area contributed by atoms with Gasteiger partial charge in [-0.2, -0.15) is 23.3 Å². The van der Waals surface area contributed by atoms with Gasteiger partial charge < -0.3 is 5.73 Å². The standard InChI is InChI=1S/C19H16F4N4O2S/c1-18(2)17(29)27(11-4-3-10(9-24)14(7-11)19(21,22)23)26-30(18)12-5-6-13(16(25)28)15(20)8-12/h3-8,26,30H,1-2H3,(H2,25,28). The number of nitrogens with two attached hydrogens (primary N) is 1. The molecule has 0 radical (unpaired) electrons. The molecular formula is C19H16F4N4O2S. The van der Waals surface area contributed by atoms with Crippen molar-refractivity contribution in [3.63, 3.8) is 0 Å². The molecule has 1 heterocycles. The number of hydrogen-bond donors (Lipinski definition) is 3. The Balaban J connectivity index is 2.03. The smallest absolute Gasteiger partial charge is 0.366 e. The highest BCUT2D eigenvalue weighted by molar-refractivity contribution is 8.17. The monoisotopic (exact) mass is 440 g/mol. The molecule has 3 N–H and O–H groups in total. The molecule has 2 aromatic carbocycles. The van der Waals surface area contributed by atoms with Crippen LogP contribution in [-0.2, 0) is 11.0 Å². The van der Waals surface area contributed by atoms with Gasteiger partial charge >= 0.3 is 6.18 Å². The van der Waals surface area contributed by atoms with Crippen molar-refractivity contribution in [3.8, 4) is 6.07 Å². The van der Waals surface area contributed by atoms with Crippen LogP contribution < -0.4 is 15.6 Å². The number of hydrogen-bond acceptors (Lipinski definition) is 4. The lowest BCUT2D eigenvalue weighted by atomic mass is 10.1. The van der Waals surface area contributed by atoms with Crippen molar-refractivity contribution in [1.29, 1.82) is 5.26 Å². The number of carbonyl (C=O) groups excluding carboxylic acids is 2. The highest BCUT2D eigenvalue weighted by atomic mass is 32.2. The highest BCUT2D eigenvalue weighted by Gasteiger charge is 2.47. The van der Waals surface area contributed by atoms with E-state index in [0.717, 1.165) is 23.2 Å². The van der Waals surface area contributed by atoms with Crippen molar-refractivity contribution in [2.45, 2.75) is 29.7 Å². The van der Waals surface area contributed by atoms with Gasteiger partial charge in [-0.3, -0.25) is 9.59 Å². The summed E-state index contributed by atoms with van der Waals surface area (Å²) in [6.07, 6.45) is -4.78. The van der Waals surface area contributed by atoms with Crippen molar-refractivity contribution in [3.05, 3.63) is 58.9 Å². The van der Waals surface area contributed by atoms with Gasteiger partial charge in [-0.15, -0.1) is 11.1 Å². The Morgan fingerprint density at radius 3 is 2.43 bits per heavy atom. The van der Waals surface area contributed by atoms with Crippen LogP contribution in [0.1, 0.15) is 35.3 Å². The lowest BCUT2D eigenvalue weighted by Gasteiger charge is -2.27. The molecule has 0 bridgehead atoms. The molecule has 2 aromatic rings. The van der Waals surface area contributed by atoms with Crippen LogP contribution in [0.25, 0.3) is 0 Å². The van der Waals surface area contributed by atoms with Crippen molar-refractivity contribution >= 4 is 28.6 Å². The number of alkyl halides is 3. The van der Waals surface area contributed by atoms with E-state index in [1.54, 1.807) is 13.8 Å². The van der Waals surface area contributed by atoms with Gasteiger partial charge in [0.05, 0.1) is 33.2 Å². The minimum atomic E-state index is -4.78. The second-order valence-corrected chi connectivity index (χ2v) is 9.51. The number of nitrogens with one attached hydrogen (secondary N) is 1. The van der Waals surface area contributed by atoms with Crippen LogP contribution in [0.2, 0.25) is 0 Å². The Labute approximate surface area is 171 Å². The fourth-order valence-corrected chi connectivity index (χ4v) is 5.22. The summed E-state index contributed by atoms with van der Waals surface area (Å²) >= 11 is -1.59. The van der Waals surface area contributed by atoms with Gasteiger partial charge in [0.2, 0.25) is 0 Å². The summed E-state index contributed by atoms with van der Waals surface area (Å²) in [6.45, 7) is 3.17. The van der Waals surface area contributed by atoms with Gasteiger partial charge in [0.15, 0.2) is 0 Å². The lowest BCUT2D eigenvalue weighted by Crippen LogP contribution is -2.38. The number of benzene rings is 2. The van der Waals surface area contributed by atoms with Gasteiger partial charge in [0, 0.05) is 4.90 Å². The quantitative estimate of drug-likeness (QED) is 0.503. The van der Waals surface area contributed by atoms with Gasteiger partial charge in [-0.25, -0.2) is 9.40 Å². The number of amides is 2. The van der Waals surface area contributed by atoms with Crippen molar-refractivity contribution in [2.75, 3.05) is 5.01 Å². The molecule has 0 saturated carbocycles. The summed E-state index contributed by atoms with van der Waals surface area (Å²) in [5, 5.41) is 9.91. The SMILES string of the molecule is CC1(C)C(=O)N(c2ccc(C#N)c(C(F)(F)F)c2)N[SH]1c1ccc(C(N)=O)c(F)c1. The number of thiol groups is 1. The molecule has 0 aromatic heterocycles. The molecule has 1 unspecified atom stereocenters. The van der Waals surface area contributed by atoms with Crippen LogP contribution in [0, 0.1) is 17.1 Å². The first-order valence-electron chi connectivity index (χ1n) is 8.49. The largest absolute Gasteiger partial charge is 0.417 e.